The normalized spacial score (nSPS) is 11.4. The van der Waals surface area contributed by atoms with Crippen LogP contribution in [-0.2, 0) is 24.0 Å². The predicted octanol–water partition coefficient (Wildman–Crippen LogP) is 17.8. The van der Waals surface area contributed by atoms with Gasteiger partial charge in [0.05, 0.1) is 24.0 Å². The summed E-state index contributed by atoms with van der Waals surface area (Å²) in [5.41, 5.74) is 10.9. The second kappa shape index (κ2) is 26.2. The molecule has 384 valence electrons. The zero-order chi connectivity index (χ0) is 52.2. The molecule has 0 aliphatic carbocycles. The van der Waals surface area contributed by atoms with Gasteiger partial charge in [-0.15, -0.1) is 0 Å². The van der Waals surface area contributed by atoms with Crippen molar-refractivity contribution in [2.45, 2.75) is 69.0 Å². The van der Waals surface area contributed by atoms with Gasteiger partial charge in [0.2, 0.25) is 0 Å². The second-order valence-corrected chi connectivity index (χ2v) is 19.8. The fourth-order valence-electron chi connectivity index (χ4n) is 10.9. The van der Waals surface area contributed by atoms with Gasteiger partial charge in [-0.2, -0.15) is 0 Å². The van der Waals surface area contributed by atoms with Crippen molar-refractivity contribution >= 4 is 0 Å². The Labute approximate surface area is 456 Å². The lowest BCUT2D eigenvalue weighted by Crippen LogP contribution is -2.30. The molecule has 0 unspecified atom stereocenters. The molecule has 0 aromatic heterocycles. The van der Waals surface area contributed by atoms with E-state index in [1.54, 1.807) is 0 Å². The summed E-state index contributed by atoms with van der Waals surface area (Å²) in [5.74, 6) is 3.47. The van der Waals surface area contributed by atoms with Crippen LogP contribution >= 0.6 is 0 Å². The number of benzene rings is 10. The lowest BCUT2D eigenvalue weighted by Gasteiger charge is -2.36. The number of hydrogen-bond acceptors (Lipinski definition) is 4. The van der Waals surface area contributed by atoms with Gasteiger partial charge in [-0.05, 0) is 117 Å². The Morgan fingerprint density at radius 1 is 0.195 bits per heavy atom. The van der Waals surface area contributed by atoms with E-state index < -0.39 is 10.8 Å². The molecule has 10 aromatic carbocycles. The highest BCUT2D eigenvalue weighted by atomic mass is 16.5. The first-order valence-electron chi connectivity index (χ1n) is 27.4. The van der Waals surface area contributed by atoms with Gasteiger partial charge in [0, 0.05) is 0 Å². The topological polar surface area (TPSA) is 36.9 Å². The Morgan fingerprint density at radius 3 is 0.662 bits per heavy atom. The molecule has 0 bridgehead atoms. The Balaban J connectivity index is 0.608. The van der Waals surface area contributed by atoms with Crippen LogP contribution in [0.25, 0.3) is 0 Å². The van der Waals surface area contributed by atoms with Gasteiger partial charge in [-0.25, -0.2) is 0 Å². The maximum atomic E-state index is 6.31. The summed E-state index contributed by atoms with van der Waals surface area (Å²) in [6.07, 6.45) is 8.11. The van der Waals surface area contributed by atoms with E-state index in [0.717, 1.165) is 60.2 Å². The van der Waals surface area contributed by atoms with Crippen LogP contribution in [0.1, 0.15) is 101 Å². The van der Waals surface area contributed by atoms with Crippen molar-refractivity contribution < 1.29 is 18.9 Å². The monoisotopic (exact) mass is 1010 g/mol. The highest BCUT2D eigenvalue weighted by Gasteiger charge is 2.39. The molecule has 0 aliphatic rings. The molecule has 0 saturated heterocycles. The van der Waals surface area contributed by atoms with Crippen molar-refractivity contribution in [3.63, 3.8) is 0 Å². The van der Waals surface area contributed by atoms with Crippen LogP contribution in [0.5, 0.6) is 23.0 Å². The summed E-state index contributed by atoms with van der Waals surface area (Å²) in [5, 5.41) is 0. The molecule has 77 heavy (non-hydrogen) atoms. The summed E-state index contributed by atoms with van der Waals surface area (Å²) in [4.78, 5) is 0. The molecule has 0 radical (unpaired) electrons. The molecule has 10 aromatic rings. The Bertz CT molecular complexity index is 2840. The standard InChI is InChI=1S/C73H68O4/c1(2-4-24-54-74-68-46-38-58(39-47-68)56-76-70-50-42-66(43-51-70)72(60-26-12-6-13-27-60,61-28-14-7-15-29-61)62-30-16-8-17-31-62)3-5-25-55-75-69-48-40-59(41-49-69)57-77-71-52-44-67(45-53-71)73(63-32-18-9-19-33-63,64-34-20-10-21-35-64)65-36-22-11-23-37-65/h6-23,26-53H,1-5,24-25,54-57H2. The molecule has 0 spiro atoms. The smallest absolute Gasteiger partial charge is 0.119 e. The summed E-state index contributed by atoms with van der Waals surface area (Å²) >= 11 is 0. The van der Waals surface area contributed by atoms with Crippen LogP contribution in [0.3, 0.4) is 0 Å². The van der Waals surface area contributed by atoms with Gasteiger partial charge < -0.3 is 18.9 Å². The van der Waals surface area contributed by atoms with E-state index >= 15 is 0 Å². The molecule has 0 N–H and O–H groups in total. The average molecular weight is 1010 g/mol. The quantitative estimate of drug-likeness (QED) is 0.0400. The number of hydrogen-bond donors (Lipinski definition) is 0. The molecule has 0 aliphatic heterocycles. The minimum atomic E-state index is -0.478. The van der Waals surface area contributed by atoms with Gasteiger partial charge in [0.25, 0.3) is 0 Å². The SMILES string of the molecule is c1ccc(C(c2ccccc2)(c2ccccc2)c2ccc(OCc3ccc(OCCCCCCCCCOc4ccc(COc5ccc(C(c6ccccc6)(c6ccccc6)c6ccccc6)cc5)cc4)cc3)cc2)cc1. The molecule has 10 rings (SSSR count). The van der Waals surface area contributed by atoms with Crippen LogP contribution in [-0.4, -0.2) is 13.2 Å². The molecule has 0 fully saturated rings. The van der Waals surface area contributed by atoms with Gasteiger partial charge in [0.15, 0.2) is 0 Å². The van der Waals surface area contributed by atoms with E-state index in [-0.39, 0.29) is 0 Å². The third-order valence-corrected chi connectivity index (χ3v) is 14.8. The van der Waals surface area contributed by atoms with Crippen LogP contribution in [0.2, 0.25) is 0 Å². The van der Waals surface area contributed by atoms with Crippen molar-refractivity contribution in [2.24, 2.45) is 0 Å². The lowest BCUT2D eigenvalue weighted by molar-refractivity contribution is 0.297. The maximum Gasteiger partial charge on any atom is 0.119 e. The van der Waals surface area contributed by atoms with E-state index in [1.165, 1.54) is 76.6 Å². The van der Waals surface area contributed by atoms with Crippen molar-refractivity contribution in [2.75, 3.05) is 13.2 Å². The molecular formula is C73H68O4. The van der Waals surface area contributed by atoms with Crippen LogP contribution in [0, 0.1) is 0 Å². The van der Waals surface area contributed by atoms with Crippen molar-refractivity contribution in [3.8, 4) is 23.0 Å². The summed E-state index contributed by atoms with van der Waals surface area (Å²) in [6, 6.07) is 98.5. The Kier molecular flexibility index (Phi) is 17.7. The van der Waals surface area contributed by atoms with E-state index in [1.807, 2.05) is 0 Å². The molecule has 4 nitrogen and oxygen atoms in total. The number of ether oxygens (including phenoxy) is 4. The summed E-state index contributed by atoms with van der Waals surface area (Å²) in [6.45, 7) is 2.42. The predicted molar refractivity (Wildman–Crippen MR) is 314 cm³/mol. The molecule has 4 heteroatoms. The zero-order valence-corrected chi connectivity index (χ0v) is 44.0. The highest BCUT2D eigenvalue weighted by Crippen LogP contribution is 2.47. The third kappa shape index (κ3) is 12.6. The Morgan fingerprint density at radius 2 is 0.403 bits per heavy atom. The fourth-order valence-corrected chi connectivity index (χ4v) is 10.9. The van der Waals surface area contributed by atoms with Gasteiger partial charge in [0.1, 0.15) is 36.2 Å². The fraction of sp³-hybridized carbons (Fsp3) is 0.178. The van der Waals surface area contributed by atoms with E-state index in [2.05, 4.69) is 279 Å². The van der Waals surface area contributed by atoms with Crippen molar-refractivity contribution in [1.29, 1.82) is 0 Å². The molecule has 0 atom stereocenters. The first-order chi connectivity index (χ1) is 38.2. The first kappa shape index (κ1) is 51.9. The largest absolute Gasteiger partial charge is 0.494 e. The third-order valence-electron chi connectivity index (χ3n) is 14.8. The molecule has 0 heterocycles. The van der Waals surface area contributed by atoms with Crippen molar-refractivity contribution in [1.82, 2.24) is 0 Å². The van der Waals surface area contributed by atoms with E-state index in [0.29, 0.717) is 13.2 Å². The molecule has 0 amide bonds. The lowest BCUT2D eigenvalue weighted by atomic mass is 9.65. The summed E-state index contributed by atoms with van der Waals surface area (Å²) < 4.78 is 24.8. The number of rotatable bonds is 26. The number of unbranched alkanes of at least 4 members (excludes halogenated alkanes) is 6. The van der Waals surface area contributed by atoms with Gasteiger partial charge in [-0.1, -0.05) is 263 Å². The maximum absolute atomic E-state index is 6.31. The minimum absolute atomic E-state index is 0.478. The van der Waals surface area contributed by atoms with E-state index in [9.17, 15) is 0 Å². The van der Waals surface area contributed by atoms with Crippen LogP contribution < -0.4 is 18.9 Å². The molecular weight excluding hydrogens is 941 g/mol. The van der Waals surface area contributed by atoms with Gasteiger partial charge in [-0.3, -0.25) is 0 Å². The minimum Gasteiger partial charge on any atom is -0.494 e. The van der Waals surface area contributed by atoms with E-state index in [4.69, 9.17) is 18.9 Å². The van der Waals surface area contributed by atoms with Crippen LogP contribution in [0.4, 0.5) is 0 Å². The van der Waals surface area contributed by atoms with Crippen LogP contribution in [0.15, 0.2) is 279 Å². The highest BCUT2D eigenvalue weighted by molar-refractivity contribution is 5.62. The average Bonchev–Trinajstić information content (AvgIpc) is 3.54. The van der Waals surface area contributed by atoms with Crippen molar-refractivity contribution in [3.05, 3.63) is 335 Å². The van der Waals surface area contributed by atoms with Gasteiger partial charge >= 0.3 is 0 Å². The second-order valence-electron chi connectivity index (χ2n) is 19.8. The molecule has 0 saturated carbocycles. The Hall–Kier alpha value is -8.60. The first-order valence-corrected chi connectivity index (χ1v) is 27.4. The summed E-state index contributed by atoms with van der Waals surface area (Å²) in [7, 11) is 0. The zero-order valence-electron chi connectivity index (χ0n) is 44.0.